The molecule has 0 unspecified atom stereocenters. The van der Waals surface area contributed by atoms with Gasteiger partial charge in [-0.1, -0.05) is 39.0 Å². The van der Waals surface area contributed by atoms with Crippen LogP contribution < -0.4 is 10.6 Å². The molecule has 1 aromatic rings. The predicted molar refractivity (Wildman–Crippen MR) is 94.5 cm³/mol. The van der Waals surface area contributed by atoms with Crippen molar-refractivity contribution in [2.75, 3.05) is 31.5 Å². The Morgan fingerprint density at radius 3 is 2.26 bits per heavy atom. The zero-order valence-corrected chi connectivity index (χ0v) is 14.5. The SMILES string of the molecule is CCCN(CCC)CC(=O)NCC(=O)Nc1ccccc1CC. The van der Waals surface area contributed by atoms with Crippen LogP contribution in [0.4, 0.5) is 5.69 Å². The van der Waals surface area contributed by atoms with E-state index in [2.05, 4.69) is 29.4 Å². The Kier molecular flexibility index (Phi) is 8.98. The molecule has 0 aliphatic carbocycles. The zero-order chi connectivity index (χ0) is 17.1. The highest BCUT2D eigenvalue weighted by Gasteiger charge is 2.11. The summed E-state index contributed by atoms with van der Waals surface area (Å²) in [7, 11) is 0. The Morgan fingerprint density at radius 1 is 1.00 bits per heavy atom. The number of benzene rings is 1. The van der Waals surface area contributed by atoms with Gasteiger partial charge in [0.15, 0.2) is 0 Å². The van der Waals surface area contributed by atoms with E-state index < -0.39 is 0 Å². The van der Waals surface area contributed by atoms with Crippen LogP contribution in [-0.2, 0) is 16.0 Å². The minimum absolute atomic E-state index is 0.00295. The molecular weight excluding hydrogens is 290 g/mol. The number of hydrogen-bond acceptors (Lipinski definition) is 3. The average Bonchev–Trinajstić information content (AvgIpc) is 2.54. The van der Waals surface area contributed by atoms with Gasteiger partial charge in [-0.3, -0.25) is 14.5 Å². The second kappa shape index (κ2) is 10.8. The van der Waals surface area contributed by atoms with E-state index in [0.29, 0.717) is 6.54 Å². The molecule has 23 heavy (non-hydrogen) atoms. The quantitative estimate of drug-likeness (QED) is 0.696. The van der Waals surface area contributed by atoms with Gasteiger partial charge in [0.1, 0.15) is 0 Å². The fourth-order valence-electron chi connectivity index (χ4n) is 2.49. The van der Waals surface area contributed by atoms with E-state index in [1.165, 1.54) is 0 Å². The first kappa shape index (κ1) is 19.2. The van der Waals surface area contributed by atoms with Crippen molar-refractivity contribution in [3.8, 4) is 0 Å². The van der Waals surface area contributed by atoms with Crippen LogP contribution in [0, 0.1) is 0 Å². The Labute approximate surface area is 139 Å². The van der Waals surface area contributed by atoms with Crippen molar-refractivity contribution in [3.05, 3.63) is 29.8 Å². The molecule has 1 aromatic carbocycles. The highest BCUT2D eigenvalue weighted by atomic mass is 16.2. The molecule has 0 aromatic heterocycles. The van der Waals surface area contributed by atoms with Crippen molar-refractivity contribution in [1.82, 2.24) is 10.2 Å². The maximum absolute atomic E-state index is 12.0. The van der Waals surface area contributed by atoms with Crippen molar-refractivity contribution in [2.45, 2.75) is 40.0 Å². The molecule has 2 amide bonds. The number of carbonyl (C=O) groups excluding carboxylic acids is 2. The van der Waals surface area contributed by atoms with E-state index in [1.807, 2.05) is 31.2 Å². The molecule has 0 saturated heterocycles. The monoisotopic (exact) mass is 319 g/mol. The molecule has 0 fully saturated rings. The maximum Gasteiger partial charge on any atom is 0.243 e. The smallest absolute Gasteiger partial charge is 0.243 e. The van der Waals surface area contributed by atoms with Crippen molar-refractivity contribution in [2.24, 2.45) is 0 Å². The van der Waals surface area contributed by atoms with Crippen molar-refractivity contribution < 1.29 is 9.59 Å². The van der Waals surface area contributed by atoms with Crippen LogP contribution in [0.5, 0.6) is 0 Å². The molecular formula is C18H29N3O2. The molecule has 0 bridgehead atoms. The number of carbonyl (C=O) groups is 2. The van der Waals surface area contributed by atoms with Crippen LogP contribution in [0.3, 0.4) is 0 Å². The summed E-state index contributed by atoms with van der Waals surface area (Å²) in [5, 5.41) is 5.55. The summed E-state index contributed by atoms with van der Waals surface area (Å²) in [6, 6.07) is 7.71. The number of amides is 2. The third-order valence-corrected chi connectivity index (χ3v) is 3.57. The number of nitrogens with zero attached hydrogens (tertiary/aromatic N) is 1. The summed E-state index contributed by atoms with van der Waals surface area (Å²) >= 11 is 0. The molecule has 0 saturated carbocycles. The first-order valence-electron chi connectivity index (χ1n) is 8.47. The third kappa shape index (κ3) is 7.28. The molecule has 5 nitrogen and oxygen atoms in total. The summed E-state index contributed by atoms with van der Waals surface area (Å²) in [6.45, 7) is 8.39. The van der Waals surface area contributed by atoms with Crippen molar-refractivity contribution in [3.63, 3.8) is 0 Å². The van der Waals surface area contributed by atoms with Crippen LogP contribution in [0.1, 0.15) is 39.2 Å². The summed E-state index contributed by atoms with van der Waals surface area (Å²) in [4.78, 5) is 26.0. The van der Waals surface area contributed by atoms with Crippen molar-refractivity contribution in [1.29, 1.82) is 0 Å². The molecule has 2 N–H and O–H groups in total. The van der Waals surface area contributed by atoms with Crippen LogP contribution in [-0.4, -0.2) is 42.9 Å². The van der Waals surface area contributed by atoms with Gasteiger partial charge < -0.3 is 10.6 Å². The van der Waals surface area contributed by atoms with Gasteiger partial charge in [-0.05, 0) is 44.0 Å². The van der Waals surface area contributed by atoms with Crippen LogP contribution in [0.15, 0.2) is 24.3 Å². The summed E-state index contributed by atoms with van der Waals surface area (Å²) < 4.78 is 0. The topological polar surface area (TPSA) is 61.4 Å². The van der Waals surface area contributed by atoms with E-state index >= 15 is 0 Å². The Hall–Kier alpha value is -1.88. The summed E-state index contributed by atoms with van der Waals surface area (Å²) in [5.41, 5.74) is 1.90. The van der Waals surface area contributed by atoms with E-state index in [9.17, 15) is 9.59 Å². The third-order valence-electron chi connectivity index (χ3n) is 3.57. The second-order valence-electron chi connectivity index (χ2n) is 5.61. The molecule has 1 rings (SSSR count). The van der Waals surface area contributed by atoms with Crippen LogP contribution in [0.2, 0.25) is 0 Å². The average molecular weight is 319 g/mol. The number of aryl methyl sites for hydroxylation is 1. The fraction of sp³-hybridized carbons (Fsp3) is 0.556. The highest BCUT2D eigenvalue weighted by Crippen LogP contribution is 2.14. The standard InChI is InChI=1S/C18H29N3O2/c1-4-11-21(12-5-2)14-18(23)19-13-17(22)20-16-10-8-7-9-15(16)6-3/h7-10H,4-6,11-14H2,1-3H3,(H,19,23)(H,20,22). The van der Waals surface area contributed by atoms with E-state index in [0.717, 1.165) is 43.6 Å². The number of anilines is 1. The van der Waals surface area contributed by atoms with Gasteiger partial charge in [-0.25, -0.2) is 0 Å². The lowest BCUT2D eigenvalue weighted by atomic mass is 10.1. The lowest BCUT2D eigenvalue weighted by Crippen LogP contribution is -2.41. The molecule has 0 aliphatic rings. The molecule has 5 heteroatoms. The van der Waals surface area contributed by atoms with E-state index in [-0.39, 0.29) is 18.4 Å². The number of para-hydroxylation sites is 1. The fourth-order valence-corrected chi connectivity index (χ4v) is 2.49. The van der Waals surface area contributed by atoms with Gasteiger partial charge in [-0.2, -0.15) is 0 Å². The zero-order valence-electron chi connectivity index (χ0n) is 14.5. The molecule has 128 valence electrons. The predicted octanol–water partition coefficient (Wildman–Crippen LogP) is 2.43. The summed E-state index contributed by atoms with van der Waals surface area (Å²) in [6.07, 6.45) is 2.88. The number of rotatable bonds is 10. The lowest BCUT2D eigenvalue weighted by molar-refractivity contribution is -0.125. The van der Waals surface area contributed by atoms with E-state index in [1.54, 1.807) is 0 Å². The molecule has 0 atom stereocenters. The minimum atomic E-state index is -0.197. The Bertz CT molecular complexity index is 497. The summed E-state index contributed by atoms with van der Waals surface area (Å²) in [5.74, 6) is -0.303. The Balaban J connectivity index is 2.41. The van der Waals surface area contributed by atoms with E-state index in [4.69, 9.17) is 0 Å². The Morgan fingerprint density at radius 2 is 1.65 bits per heavy atom. The minimum Gasteiger partial charge on any atom is -0.346 e. The highest BCUT2D eigenvalue weighted by molar-refractivity contribution is 5.95. The van der Waals surface area contributed by atoms with Gasteiger partial charge in [0.2, 0.25) is 11.8 Å². The van der Waals surface area contributed by atoms with Crippen LogP contribution >= 0.6 is 0 Å². The van der Waals surface area contributed by atoms with Gasteiger partial charge in [0.05, 0.1) is 13.1 Å². The first-order chi connectivity index (χ1) is 11.1. The van der Waals surface area contributed by atoms with Crippen molar-refractivity contribution >= 4 is 17.5 Å². The molecule has 0 spiro atoms. The lowest BCUT2D eigenvalue weighted by Gasteiger charge is -2.20. The molecule has 0 aliphatic heterocycles. The maximum atomic E-state index is 12.0. The normalized spacial score (nSPS) is 10.6. The largest absolute Gasteiger partial charge is 0.346 e. The molecule has 0 radical (unpaired) electrons. The first-order valence-corrected chi connectivity index (χ1v) is 8.47. The van der Waals surface area contributed by atoms with Gasteiger partial charge in [-0.15, -0.1) is 0 Å². The second-order valence-corrected chi connectivity index (χ2v) is 5.61. The van der Waals surface area contributed by atoms with Gasteiger partial charge in [0, 0.05) is 5.69 Å². The molecule has 0 heterocycles. The van der Waals surface area contributed by atoms with Crippen LogP contribution in [0.25, 0.3) is 0 Å². The van der Waals surface area contributed by atoms with Gasteiger partial charge in [0.25, 0.3) is 0 Å². The number of nitrogens with one attached hydrogen (secondary N) is 2. The van der Waals surface area contributed by atoms with Gasteiger partial charge >= 0.3 is 0 Å². The number of hydrogen-bond donors (Lipinski definition) is 2.